The molecule has 156 valence electrons. The van der Waals surface area contributed by atoms with E-state index in [1.807, 2.05) is 6.07 Å². The van der Waals surface area contributed by atoms with E-state index in [1.54, 1.807) is 53.4 Å². The third-order valence-corrected chi connectivity index (χ3v) is 5.86. The molecule has 0 saturated carbocycles. The molecule has 0 bridgehead atoms. The number of aromatic nitrogens is 4. The molecule has 0 aliphatic carbocycles. The maximum atomic E-state index is 13.8. The highest BCUT2D eigenvalue weighted by molar-refractivity contribution is 7.99. The van der Waals surface area contributed by atoms with Crippen LogP contribution in [-0.4, -0.2) is 31.4 Å². The van der Waals surface area contributed by atoms with Crippen LogP contribution in [0.3, 0.4) is 0 Å². The summed E-state index contributed by atoms with van der Waals surface area (Å²) in [6.45, 7) is 0. The molecule has 31 heavy (non-hydrogen) atoms. The molecule has 10 heteroatoms. The van der Waals surface area contributed by atoms with Crippen LogP contribution in [0.25, 0.3) is 17.1 Å². The average Bonchev–Trinajstić information content (AvgIpc) is 3.20. The van der Waals surface area contributed by atoms with E-state index in [9.17, 15) is 9.18 Å². The number of rotatable bonds is 6. The van der Waals surface area contributed by atoms with Crippen LogP contribution in [0.5, 0.6) is 0 Å². The molecule has 6 nitrogen and oxygen atoms in total. The molecular weight excluding hydrogens is 460 g/mol. The zero-order valence-corrected chi connectivity index (χ0v) is 18.1. The van der Waals surface area contributed by atoms with E-state index in [2.05, 4.69) is 20.5 Å². The van der Waals surface area contributed by atoms with Crippen LogP contribution in [0.2, 0.25) is 10.0 Å². The minimum atomic E-state index is -0.501. The van der Waals surface area contributed by atoms with Crippen LogP contribution in [0, 0.1) is 5.82 Å². The van der Waals surface area contributed by atoms with Gasteiger partial charge in [-0.25, -0.2) is 4.39 Å². The second-order valence-electron chi connectivity index (χ2n) is 6.30. The highest BCUT2D eigenvalue weighted by atomic mass is 35.5. The van der Waals surface area contributed by atoms with Gasteiger partial charge in [-0.2, -0.15) is 0 Å². The summed E-state index contributed by atoms with van der Waals surface area (Å²) in [6, 6.07) is 14.8. The fraction of sp³-hybridized carbons (Fsp3) is 0.0476. The maximum absolute atomic E-state index is 13.8. The first-order valence-corrected chi connectivity index (χ1v) is 10.8. The molecule has 2 heterocycles. The lowest BCUT2D eigenvalue weighted by Gasteiger charge is -2.11. The van der Waals surface area contributed by atoms with E-state index in [-0.39, 0.29) is 17.3 Å². The number of nitrogens with one attached hydrogen (secondary N) is 1. The lowest BCUT2D eigenvalue weighted by Crippen LogP contribution is -2.15. The Labute approximate surface area is 191 Å². The van der Waals surface area contributed by atoms with Crippen LogP contribution in [-0.2, 0) is 4.79 Å². The molecule has 2 aromatic carbocycles. The smallest absolute Gasteiger partial charge is 0.234 e. The number of nitrogens with zero attached hydrogens (tertiary/aromatic N) is 4. The first kappa shape index (κ1) is 21.3. The Hall–Kier alpha value is -2.94. The van der Waals surface area contributed by atoms with Gasteiger partial charge >= 0.3 is 0 Å². The van der Waals surface area contributed by atoms with E-state index < -0.39 is 5.82 Å². The van der Waals surface area contributed by atoms with Gasteiger partial charge in [-0.1, -0.05) is 47.1 Å². The van der Waals surface area contributed by atoms with Gasteiger partial charge in [-0.3, -0.25) is 14.3 Å². The van der Waals surface area contributed by atoms with Gasteiger partial charge in [-0.15, -0.1) is 10.2 Å². The zero-order valence-electron chi connectivity index (χ0n) is 15.8. The number of hydrogen-bond acceptors (Lipinski definition) is 5. The fourth-order valence-electron chi connectivity index (χ4n) is 2.78. The van der Waals surface area contributed by atoms with Crippen molar-refractivity contribution in [2.45, 2.75) is 5.16 Å². The molecule has 0 aliphatic rings. The largest absolute Gasteiger partial charge is 0.323 e. The molecule has 0 spiro atoms. The number of para-hydroxylation sites is 1. The predicted octanol–water partition coefficient (Wildman–Crippen LogP) is 5.51. The summed E-state index contributed by atoms with van der Waals surface area (Å²) in [7, 11) is 0. The molecule has 0 unspecified atom stereocenters. The van der Waals surface area contributed by atoms with Crippen LogP contribution in [0.15, 0.2) is 72.1 Å². The number of carbonyl (C=O) groups is 1. The monoisotopic (exact) mass is 473 g/mol. The van der Waals surface area contributed by atoms with Crippen molar-refractivity contribution < 1.29 is 9.18 Å². The second kappa shape index (κ2) is 9.47. The van der Waals surface area contributed by atoms with Gasteiger partial charge < -0.3 is 5.32 Å². The van der Waals surface area contributed by atoms with Crippen molar-refractivity contribution in [1.82, 2.24) is 19.7 Å². The molecule has 0 atom stereocenters. The molecule has 0 saturated heterocycles. The van der Waals surface area contributed by atoms with E-state index in [1.165, 1.54) is 12.1 Å². The Morgan fingerprint density at radius 3 is 2.65 bits per heavy atom. The number of carbonyl (C=O) groups excluding carboxylic acids is 1. The zero-order chi connectivity index (χ0) is 21.8. The maximum Gasteiger partial charge on any atom is 0.234 e. The summed E-state index contributed by atoms with van der Waals surface area (Å²) in [5.74, 6) is -0.343. The lowest BCUT2D eigenvalue weighted by molar-refractivity contribution is -0.113. The van der Waals surface area contributed by atoms with Crippen molar-refractivity contribution in [3.63, 3.8) is 0 Å². The summed E-state index contributed by atoms with van der Waals surface area (Å²) < 4.78 is 15.5. The fourth-order valence-corrected chi connectivity index (χ4v) is 3.83. The molecular formula is C21H14Cl2FN5OS. The number of benzene rings is 2. The third kappa shape index (κ3) is 4.87. The minimum absolute atomic E-state index is 0.000823. The van der Waals surface area contributed by atoms with E-state index in [0.29, 0.717) is 26.7 Å². The van der Waals surface area contributed by atoms with Gasteiger partial charge in [0.15, 0.2) is 11.0 Å². The molecule has 0 radical (unpaired) electrons. The van der Waals surface area contributed by atoms with E-state index in [0.717, 1.165) is 17.3 Å². The summed E-state index contributed by atoms with van der Waals surface area (Å²) in [4.78, 5) is 16.5. The van der Waals surface area contributed by atoms with Crippen LogP contribution in [0.1, 0.15) is 0 Å². The molecule has 1 amide bonds. The molecule has 0 fully saturated rings. The molecule has 4 rings (SSSR count). The van der Waals surface area contributed by atoms with Crippen LogP contribution < -0.4 is 5.32 Å². The first-order valence-electron chi connectivity index (χ1n) is 9.01. The van der Waals surface area contributed by atoms with Gasteiger partial charge in [0.1, 0.15) is 5.82 Å². The summed E-state index contributed by atoms with van der Waals surface area (Å²) in [6.07, 6.45) is 3.32. The number of amides is 1. The van der Waals surface area contributed by atoms with Crippen molar-refractivity contribution in [1.29, 1.82) is 0 Å². The van der Waals surface area contributed by atoms with E-state index >= 15 is 0 Å². The summed E-state index contributed by atoms with van der Waals surface area (Å²) >= 11 is 13.4. The van der Waals surface area contributed by atoms with E-state index in [4.69, 9.17) is 23.2 Å². The third-order valence-electron chi connectivity index (χ3n) is 4.19. The second-order valence-corrected chi connectivity index (χ2v) is 8.06. The molecule has 2 aromatic heterocycles. The number of hydrogen-bond donors (Lipinski definition) is 1. The quantitative estimate of drug-likeness (QED) is 0.374. The molecule has 1 N–H and O–H groups in total. The summed E-state index contributed by atoms with van der Waals surface area (Å²) in [5, 5.41) is 12.3. The number of pyridine rings is 1. The SMILES string of the molecule is O=C(CSc1nnc(-c2cccnc2)n1-c1ccc(Cl)c(Cl)c1)Nc1ccccc1F. The first-order chi connectivity index (χ1) is 15.0. The lowest BCUT2D eigenvalue weighted by atomic mass is 10.2. The van der Waals surface area contributed by atoms with Crippen molar-refractivity contribution in [3.05, 3.63) is 82.9 Å². The topological polar surface area (TPSA) is 72.7 Å². The predicted molar refractivity (Wildman–Crippen MR) is 120 cm³/mol. The van der Waals surface area contributed by atoms with Gasteiger partial charge in [0.2, 0.25) is 5.91 Å². The van der Waals surface area contributed by atoms with Gasteiger partial charge in [0.25, 0.3) is 0 Å². The Balaban J connectivity index is 1.63. The van der Waals surface area contributed by atoms with Crippen molar-refractivity contribution in [2.24, 2.45) is 0 Å². The Morgan fingerprint density at radius 1 is 1.06 bits per heavy atom. The number of anilines is 1. The highest BCUT2D eigenvalue weighted by Gasteiger charge is 2.18. The number of halogens is 3. The summed E-state index contributed by atoms with van der Waals surface area (Å²) in [5.41, 5.74) is 1.54. The van der Waals surface area contributed by atoms with Gasteiger partial charge in [0.05, 0.1) is 27.2 Å². The highest BCUT2D eigenvalue weighted by Crippen LogP contribution is 2.31. The van der Waals surface area contributed by atoms with Crippen molar-refractivity contribution in [3.8, 4) is 17.1 Å². The van der Waals surface area contributed by atoms with Crippen molar-refractivity contribution in [2.75, 3.05) is 11.1 Å². The number of thioether (sulfide) groups is 1. The van der Waals surface area contributed by atoms with Gasteiger partial charge in [-0.05, 0) is 42.5 Å². The molecule has 0 aliphatic heterocycles. The van der Waals surface area contributed by atoms with Crippen molar-refractivity contribution >= 4 is 46.6 Å². The molecule has 4 aromatic rings. The van der Waals surface area contributed by atoms with Crippen LogP contribution in [0.4, 0.5) is 10.1 Å². The average molecular weight is 474 g/mol. The Kier molecular flexibility index (Phi) is 6.50. The standard InChI is InChI=1S/C21H14Cl2FN5OS/c22-15-8-7-14(10-16(15)23)29-20(13-4-3-9-25-11-13)27-28-21(29)31-12-19(30)26-18-6-2-1-5-17(18)24/h1-11H,12H2,(H,26,30). The normalized spacial score (nSPS) is 10.8. The Bertz CT molecular complexity index is 1240. The van der Waals surface area contributed by atoms with Gasteiger partial charge in [0, 0.05) is 18.0 Å². The van der Waals surface area contributed by atoms with Crippen LogP contribution >= 0.6 is 35.0 Å². The Morgan fingerprint density at radius 2 is 1.90 bits per heavy atom. The minimum Gasteiger partial charge on any atom is -0.323 e.